The van der Waals surface area contributed by atoms with Crippen molar-refractivity contribution in [1.82, 2.24) is 15.1 Å². The number of rotatable bonds is 6. The number of aromatic nitrogens is 3. The Labute approximate surface area is 186 Å². The van der Waals surface area contributed by atoms with Crippen LogP contribution >= 0.6 is 0 Å². The smallest absolute Gasteiger partial charge is 0.259 e. The van der Waals surface area contributed by atoms with Gasteiger partial charge in [-0.2, -0.15) is 4.98 Å². The number of nitrogens with one attached hydrogen (secondary N) is 1. The average molecular weight is 458 g/mol. The number of hydrogen-bond donors (Lipinski definition) is 1. The molecule has 0 aliphatic heterocycles. The van der Waals surface area contributed by atoms with Gasteiger partial charge < -0.3 is 14.2 Å². The maximum atomic E-state index is 12.6. The van der Waals surface area contributed by atoms with Crippen molar-refractivity contribution in [2.45, 2.75) is 62.4 Å². The lowest BCUT2D eigenvalue weighted by molar-refractivity contribution is 0.139. The van der Waals surface area contributed by atoms with E-state index in [0.29, 0.717) is 22.8 Å². The van der Waals surface area contributed by atoms with E-state index in [9.17, 15) is 13.2 Å². The Bertz CT molecular complexity index is 1240. The minimum atomic E-state index is -3.31. The van der Waals surface area contributed by atoms with Gasteiger partial charge in [0.1, 0.15) is 5.75 Å². The van der Waals surface area contributed by atoms with E-state index >= 15 is 0 Å². The first kappa shape index (κ1) is 22.3. The molecule has 0 atom stereocenters. The van der Waals surface area contributed by atoms with Crippen molar-refractivity contribution in [3.63, 3.8) is 0 Å². The largest absolute Gasteiger partial charge is 0.490 e. The topological polar surface area (TPSA) is 115 Å². The van der Waals surface area contributed by atoms with Crippen molar-refractivity contribution in [3.05, 3.63) is 58.6 Å². The van der Waals surface area contributed by atoms with Crippen LogP contribution < -0.4 is 10.3 Å². The Morgan fingerprint density at radius 3 is 2.38 bits per heavy atom. The van der Waals surface area contributed by atoms with Crippen LogP contribution in [-0.4, -0.2) is 35.9 Å². The highest BCUT2D eigenvalue weighted by Gasteiger charge is 2.28. The van der Waals surface area contributed by atoms with Crippen LogP contribution in [0.1, 0.15) is 63.1 Å². The molecular formula is C23H27N3O5S. The third-order valence-corrected chi connectivity index (χ3v) is 6.91. The van der Waals surface area contributed by atoms with Crippen LogP contribution in [-0.2, 0) is 9.84 Å². The van der Waals surface area contributed by atoms with E-state index in [4.69, 9.17) is 9.26 Å². The quantitative estimate of drug-likeness (QED) is 0.593. The highest BCUT2D eigenvalue weighted by molar-refractivity contribution is 7.90. The number of sulfone groups is 1. The molecule has 2 heterocycles. The zero-order chi connectivity index (χ0) is 22.9. The maximum Gasteiger partial charge on any atom is 0.259 e. The number of pyridine rings is 1. The molecule has 0 spiro atoms. The van der Waals surface area contributed by atoms with E-state index in [1.54, 1.807) is 24.4 Å². The van der Waals surface area contributed by atoms with E-state index in [-0.39, 0.29) is 28.4 Å². The predicted octanol–water partition coefficient (Wildman–Crippen LogP) is 4.06. The molecule has 9 heteroatoms. The molecule has 2 aromatic heterocycles. The van der Waals surface area contributed by atoms with Crippen molar-refractivity contribution in [2.75, 3.05) is 6.26 Å². The summed E-state index contributed by atoms with van der Waals surface area (Å²) in [5, 5.41) is 4.06. The number of hydrogen-bond acceptors (Lipinski definition) is 7. The second-order valence-corrected chi connectivity index (χ2v) is 10.6. The lowest BCUT2D eigenvalue weighted by Gasteiger charge is -2.27. The third kappa shape index (κ3) is 4.77. The molecule has 8 nitrogen and oxygen atoms in total. The number of aromatic amines is 1. The number of ether oxygens (including phenoxy) is 1. The van der Waals surface area contributed by atoms with Gasteiger partial charge in [0.2, 0.25) is 5.89 Å². The Morgan fingerprint density at radius 2 is 1.78 bits per heavy atom. The first-order chi connectivity index (χ1) is 15.2. The molecule has 0 amide bonds. The summed E-state index contributed by atoms with van der Waals surface area (Å²) in [5.41, 5.74) is 0.721. The Kier molecular flexibility index (Phi) is 6.19. The fourth-order valence-electron chi connectivity index (χ4n) is 3.96. The van der Waals surface area contributed by atoms with Crippen molar-refractivity contribution in [1.29, 1.82) is 0 Å². The van der Waals surface area contributed by atoms with E-state index in [2.05, 4.69) is 15.1 Å². The normalized spacial score (nSPS) is 19.2. The van der Waals surface area contributed by atoms with E-state index in [0.717, 1.165) is 37.8 Å². The fraction of sp³-hybridized carbons (Fsp3) is 0.435. The van der Waals surface area contributed by atoms with E-state index in [1.807, 2.05) is 13.8 Å². The highest BCUT2D eigenvalue weighted by atomic mass is 32.2. The van der Waals surface area contributed by atoms with Crippen molar-refractivity contribution < 1.29 is 17.7 Å². The van der Waals surface area contributed by atoms with Crippen LogP contribution in [0.25, 0.3) is 11.1 Å². The van der Waals surface area contributed by atoms with Crippen LogP contribution in [0.5, 0.6) is 5.75 Å². The average Bonchev–Trinajstić information content (AvgIpc) is 3.25. The zero-order valence-electron chi connectivity index (χ0n) is 18.4. The van der Waals surface area contributed by atoms with Crippen LogP contribution in [0.3, 0.4) is 0 Å². The van der Waals surface area contributed by atoms with E-state index in [1.165, 1.54) is 12.1 Å². The molecule has 1 saturated carbocycles. The van der Waals surface area contributed by atoms with Gasteiger partial charge >= 0.3 is 0 Å². The molecule has 32 heavy (non-hydrogen) atoms. The molecule has 1 N–H and O–H groups in total. The summed E-state index contributed by atoms with van der Waals surface area (Å²) in [6, 6.07) is 8.00. The first-order valence-electron chi connectivity index (χ1n) is 10.7. The molecule has 0 radical (unpaired) electrons. The van der Waals surface area contributed by atoms with Gasteiger partial charge in [0.05, 0.1) is 16.6 Å². The zero-order valence-corrected chi connectivity index (χ0v) is 19.2. The number of nitrogens with zero attached hydrogens (tertiary/aromatic N) is 2. The summed E-state index contributed by atoms with van der Waals surface area (Å²) in [4.78, 5) is 20.0. The van der Waals surface area contributed by atoms with Crippen LogP contribution in [0.2, 0.25) is 0 Å². The molecule has 0 saturated heterocycles. The fourth-order valence-corrected chi connectivity index (χ4v) is 4.59. The predicted molar refractivity (Wildman–Crippen MR) is 120 cm³/mol. The SMILES string of the molecule is CC(C)c1noc(C2CCC(Oc3cc[nH]c(=O)c3-c3ccc(S(C)(=O)=O)cc3)CC2)n1. The Hall–Kier alpha value is -2.94. The molecule has 1 aliphatic rings. The molecule has 4 rings (SSSR count). The molecule has 0 bridgehead atoms. The summed E-state index contributed by atoms with van der Waals surface area (Å²) >= 11 is 0. The monoisotopic (exact) mass is 457 g/mol. The van der Waals surface area contributed by atoms with Crippen LogP contribution in [0.4, 0.5) is 0 Å². The van der Waals surface area contributed by atoms with Crippen LogP contribution in [0, 0.1) is 0 Å². The molecule has 170 valence electrons. The summed E-state index contributed by atoms with van der Waals surface area (Å²) < 4.78 is 35.2. The van der Waals surface area contributed by atoms with Crippen molar-refractivity contribution >= 4 is 9.84 Å². The second-order valence-electron chi connectivity index (χ2n) is 8.58. The highest BCUT2D eigenvalue weighted by Crippen LogP contribution is 2.36. The standard InChI is InChI=1S/C23H27N3O5S/c1-14(2)21-25-23(31-26-21)16-4-8-17(9-5-16)30-19-12-13-24-22(27)20(19)15-6-10-18(11-7-15)32(3,28)29/h6-7,10-14,16-17H,4-5,8-9H2,1-3H3,(H,24,27). The Balaban J connectivity index is 1.49. The van der Waals surface area contributed by atoms with Gasteiger partial charge in [-0.3, -0.25) is 4.79 Å². The van der Waals surface area contributed by atoms with Gasteiger partial charge in [-0.1, -0.05) is 31.1 Å². The molecule has 1 fully saturated rings. The second kappa shape index (κ2) is 8.90. The van der Waals surface area contributed by atoms with Crippen molar-refractivity contribution in [2.24, 2.45) is 0 Å². The lowest BCUT2D eigenvalue weighted by Crippen LogP contribution is -2.24. The van der Waals surface area contributed by atoms with Gasteiger partial charge in [-0.25, -0.2) is 8.42 Å². The van der Waals surface area contributed by atoms with Crippen molar-refractivity contribution in [3.8, 4) is 16.9 Å². The summed E-state index contributed by atoms with van der Waals surface area (Å²) in [5.74, 6) is 2.36. The molecule has 1 aromatic carbocycles. The van der Waals surface area contributed by atoms with Gasteiger partial charge in [0.25, 0.3) is 5.56 Å². The number of benzene rings is 1. The minimum absolute atomic E-state index is 0.0328. The summed E-state index contributed by atoms with van der Waals surface area (Å²) in [6.45, 7) is 4.07. The summed E-state index contributed by atoms with van der Waals surface area (Å²) in [7, 11) is -3.31. The molecular weight excluding hydrogens is 430 g/mol. The first-order valence-corrected chi connectivity index (χ1v) is 12.6. The minimum Gasteiger partial charge on any atom is -0.490 e. The van der Waals surface area contributed by atoms with E-state index < -0.39 is 9.84 Å². The third-order valence-electron chi connectivity index (χ3n) is 5.78. The summed E-state index contributed by atoms with van der Waals surface area (Å²) in [6.07, 6.45) is 6.03. The molecule has 3 aromatic rings. The lowest BCUT2D eigenvalue weighted by atomic mass is 9.87. The maximum absolute atomic E-state index is 12.6. The van der Waals surface area contributed by atoms with Gasteiger partial charge in [0.15, 0.2) is 15.7 Å². The molecule has 1 aliphatic carbocycles. The van der Waals surface area contributed by atoms with Crippen LogP contribution in [0.15, 0.2) is 50.7 Å². The van der Waals surface area contributed by atoms with Gasteiger partial charge in [0, 0.05) is 24.3 Å². The Morgan fingerprint density at radius 1 is 1.09 bits per heavy atom. The molecule has 0 unspecified atom stereocenters. The number of H-pyrrole nitrogens is 1. The van der Waals surface area contributed by atoms with Gasteiger partial charge in [-0.15, -0.1) is 0 Å². The van der Waals surface area contributed by atoms with Gasteiger partial charge in [-0.05, 0) is 49.4 Å².